The third kappa shape index (κ3) is 2.68. The third-order valence-electron chi connectivity index (χ3n) is 4.47. The summed E-state index contributed by atoms with van der Waals surface area (Å²) in [6.07, 6.45) is 5.35. The maximum atomic E-state index is 5.95. The Bertz CT molecular complexity index is 435. The normalized spacial score (nSPS) is 29.6. The summed E-state index contributed by atoms with van der Waals surface area (Å²) in [6.45, 7) is 2.87. The topological polar surface area (TPSA) is 56.5 Å². The Kier molecular flexibility index (Phi) is 4.24. The van der Waals surface area contributed by atoms with E-state index in [2.05, 4.69) is 24.5 Å². The van der Waals surface area contributed by atoms with Crippen LogP contribution in [0.15, 0.2) is 24.3 Å². The van der Waals surface area contributed by atoms with Crippen molar-refractivity contribution in [2.24, 2.45) is 11.8 Å². The van der Waals surface area contributed by atoms with Gasteiger partial charge >= 0.3 is 0 Å². The van der Waals surface area contributed by atoms with E-state index in [9.17, 15) is 0 Å². The van der Waals surface area contributed by atoms with Crippen molar-refractivity contribution in [3.8, 4) is 5.75 Å². The first kappa shape index (κ1) is 13.9. The predicted octanol–water partition coefficient (Wildman–Crippen LogP) is 2.55. The molecule has 4 unspecified atom stereocenters. The number of ether oxygens (including phenoxy) is 2. The lowest BCUT2D eigenvalue weighted by molar-refractivity contribution is 0.0857. The molecule has 2 aliphatic rings. The summed E-state index contributed by atoms with van der Waals surface area (Å²) in [7, 11) is 0. The van der Waals surface area contributed by atoms with E-state index in [0.717, 1.165) is 25.2 Å². The Hall–Kier alpha value is -1.10. The van der Waals surface area contributed by atoms with Crippen molar-refractivity contribution in [1.29, 1.82) is 0 Å². The summed E-state index contributed by atoms with van der Waals surface area (Å²) in [5.74, 6) is 7.21. The van der Waals surface area contributed by atoms with Crippen molar-refractivity contribution >= 4 is 0 Å². The number of benzene rings is 1. The van der Waals surface area contributed by atoms with Gasteiger partial charge in [0.05, 0.1) is 24.9 Å². The van der Waals surface area contributed by atoms with Gasteiger partial charge in [-0.05, 0) is 43.4 Å². The van der Waals surface area contributed by atoms with Gasteiger partial charge in [-0.1, -0.05) is 19.1 Å². The van der Waals surface area contributed by atoms with E-state index >= 15 is 0 Å². The van der Waals surface area contributed by atoms with Gasteiger partial charge in [0.25, 0.3) is 0 Å². The molecule has 3 rings (SSSR count). The van der Waals surface area contributed by atoms with Crippen molar-refractivity contribution < 1.29 is 9.47 Å². The summed E-state index contributed by atoms with van der Waals surface area (Å²) < 4.78 is 11.6. The van der Waals surface area contributed by atoms with E-state index in [-0.39, 0.29) is 6.04 Å². The number of hydrazine groups is 1. The number of fused-ring (bicyclic) bond motifs is 2. The lowest BCUT2D eigenvalue weighted by atomic mass is 9.81. The van der Waals surface area contributed by atoms with Crippen LogP contribution in [0, 0.1) is 5.92 Å². The Balaban J connectivity index is 1.69. The molecule has 4 atom stereocenters. The molecule has 0 spiro atoms. The fraction of sp³-hybridized carbons (Fsp3) is 0.625. The number of rotatable bonds is 6. The summed E-state index contributed by atoms with van der Waals surface area (Å²) in [6, 6.07) is 8.46. The van der Waals surface area contributed by atoms with Crippen LogP contribution in [0.3, 0.4) is 0 Å². The van der Waals surface area contributed by atoms with Crippen molar-refractivity contribution in [1.82, 2.24) is 5.43 Å². The van der Waals surface area contributed by atoms with E-state index in [4.69, 9.17) is 15.3 Å². The monoisotopic (exact) mass is 276 g/mol. The van der Waals surface area contributed by atoms with Crippen LogP contribution in [-0.2, 0) is 4.74 Å². The summed E-state index contributed by atoms with van der Waals surface area (Å²) in [5.41, 5.74) is 4.21. The average molecular weight is 276 g/mol. The molecule has 0 aromatic heterocycles. The highest BCUT2D eigenvalue weighted by Crippen LogP contribution is 2.44. The maximum absolute atomic E-state index is 5.95. The molecule has 0 radical (unpaired) electrons. The Morgan fingerprint density at radius 1 is 1.35 bits per heavy atom. The summed E-state index contributed by atoms with van der Waals surface area (Å²) in [5, 5.41) is 0. The van der Waals surface area contributed by atoms with Gasteiger partial charge in [-0.2, -0.15) is 0 Å². The smallest absolute Gasteiger partial charge is 0.119 e. The largest absolute Gasteiger partial charge is 0.494 e. The second-order valence-electron chi connectivity index (χ2n) is 5.84. The molecule has 4 nitrogen and oxygen atoms in total. The van der Waals surface area contributed by atoms with Crippen LogP contribution in [0.5, 0.6) is 5.75 Å². The predicted molar refractivity (Wildman–Crippen MR) is 78.3 cm³/mol. The van der Waals surface area contributed by atoms with Crippen LogP contribution >= 0.6 is 0 Å². The van der Waals surface area contributed by atoms with Crippen molar-refractivity contribution in [3.63, 3.8) is 0 Å². The summed E-state index contributed by atoms with van der Waals surface area (Å²) >= 11 is 0. The highest BCUT2D eigenvalue weighted by Gasteiger charge is 2.44. The second kappa shape index (κ2) is 6.12. The van der Waals surface area contributed by atoms with Gasteiger partial charge in [-0.15, -0.1) is 0 Å². The van der Waals surface area contributed by atoms with Crippen LogP contribution < -0.4 is 16.0 Å². The van der Waals surface area contributed by atoms with Crippen molar-refractivity contribution in [2.75, 3.05) is 6.61 Å². The molecule has 3 N–H and O–H groups in total. The molecule has 110 valence electrons. The molecule has 0 aliphatic carbocycles. The van der Waals surface area contributed by atoms with Crippen LogP contribution in [0.2, 0.25) is 0 Å². The molecular formula is C16H24N2O2. The Morgan fingerprint density at radius 2 is 2.15 bits per heavy atom. The van der Waals surface area contributed by atoms with Crippen molar-refractivity contribution in [2.45, 2.75) is 50.9 Å². The lowest BCUT2D eigenvalue weighted by Crippen LogP contribution is -2.37. The third-order valence-corrected chi connectivity index (χ3v) is 4.47. The minimum absolute atomic E-state index is 0.172. The molecule has 1 aromatic rings. The van der Waals surface area contributed by atoms with Crippen molar-refractivity contribution in [3.05, 3.63) is 29.8 Å². The van der Waals surface area contributed by atoms with Crippen LogP contribution in [0.25, 0.3) is 0 Å². The van der Waals surface area contributed by atoms with E-state index in [1.54, 1.807) is 0 Å². The lowest BCUT2D eigenvalue weighted by Gasteiger charge is -2.28. The SMILES string of the molecule is CCCOc1ccc(C(NN)C2CC3CCC2O3)cc1. The number of nitrogens with two attached hydrogens (primary N) is 1. The standard InChI is InChI=1S/C16H24N2O2/c1-2-9-19-12-5-3-11(4-6-12)16(18-17)14-10-13-7-8-15(14)20-13/h3-6,13-16,18H,2,7-10,17H2,1H3. The fourth-order valence-electron chi connectivity index (χ4n) is 3.49. The molecule has 2 fully saturated rings. The highest BCUT2D eigenvalue weighted by atomic mass is 16.5. The molecule has 4 heteroatoms. The zero-order valence-corrected chi connectivity index (χ0v) is 12.0. The molecule has 0 amide bonds. The zero-order chi connectivity index (χ0) is 13.9. The zero-order valence-electron chi connectivity index (χ0n) is 12.0. The molecule has 0 saturated carbocycles. The Morgan fingerprint density at radius 3 is 2.70 bits per heavy atom. The molecule has 2 heterocycles. The summed E-state index contributed by atoms with van der Waals surface area (Å²) in [4.78, 5) is 0. The number of nitrogens with one attached hydrogen (secondary N) is 1. The first-order valence-electron chi connectivity index (χ1n) is 7.66. The second-order valence-corrected chi connectivity index (χ2v) is 5.84. The fourth-order valence-corrected chi connectivity index (χ4v) is 3.49. The minimum atomic E-state index is 0.172. The molecule has 2 aliphatic heterocycles. The molecule has 2 bridgehead atoms. The quantitative estimate of drug-likeness (QED) is 0.619. The van der Waals surface area contributed by atoms with Gasteiger partial charge in [0, 0.05) is 5.92 Å². The van der Waals surface area contributed by atoms with Gasteiger partial charge in [0.2, 0.25) is 0 Å². The molecule has 20 heavy (non-hydrogen) atoms. The van der Waals surface area contributed by atoms with Crippen LogP contribution in [-0.4, -0.2) is 18.8 Å². The first-order valence-corrected chi connectivity index (χ1v) is 7.66. The molecule has 1 aromatic carbocycles. The molecular weight excluding hydrogens is 252 g/mol. The average Bonchev–Trinajstić information content (AvgIpc) is 3.10. The van der Waals surface area contributed by atoms with E-state index in [1.165, 1.54) is 18.4 Å². The van der Waals surface area contributed by atoms with E-state index < -0.39 is 0 Å². The highest BCUT2D eigenvalue weighted by molar-refractivity contribution is 5.30. The minimum Gasteiger partial charge on any atom is -0.494 e. The van der Waals surface area contributed by atoms with Gasteiger partial charge in [-0.3, -0.25) is 11.3 Å². The van der Waals surface area contributed by atoms with Gasteiger partial charge in [0.1, 0.15) is 5.75 Å². The van der Waals surface area contributed by atoms with E-state index in [1.807, 2.05) is 12.1 Å². The van der Waals surface area contributed by atoms with Gasteiger partial charge in [-0.25, -0.2) is 0 Å². The Labute approximate surface area is 120 Å². The number of hydrogen-bond acceptors (Lipinski definition) is 4. The maximum Gasteiger partial charge on any atom is 0.119 e. The number of hydrogen-bond donors (Lipinski definition) is 2. The van der Waals surface area contributed by atoms with Gasteiger partial charge in [0.15, 0.2) is 0 Å². The van der Waals surface area contributed by atoms with Crippen LogP contribution in [0.1, 0.15) is 44.2 Å². The van der Waals surface area contributed by atoms with Crippen LogP contribution in [0.4, 0.5) is 0 Å². The first-order chi connectivity index (χ1) is 9.81. The molecule has 2 saturated heterocycles. The van der Waals surface area contributed by atoms with E-state index in [0.29, 0.717) is 18.1 Å². The van der Waals surface area contributed by atoms with Gasteiger partial charge < -0.3 is 9.47 Å².